The SMILES string of the molecule is CC(C)C(=O)N(C)C[SH](S)S. The molecule has 0 bridgehead atoms. The summed E-state index contributed by atoms with van der Waals surface area (Å²) in [6.07, 6.45) is 0. The van der Waals surface area contributed by atoms with Gasteiger partial charge in [0.15, 0.2) is 0 Å². The molecule has 0 atom stereocenters. The Hall–Kier alpha value is 0.520. The highest BCUT2D eigenvalue weighted by Crippen LogP contribution is 2.34. The molecule has 0 aliphatic carbocycles. The van der Waals surface area contributed by atoms with E-state index in [2.05, 4.69) is 23.3 Å². The molecule has 0 spiro atoms. The van der Waals surface area contributed by atoms with E-state index in [4.69, 9.17) is 0 Å². The van der Waals surface area contributed by atoms with Crippen molar-refractivity contribution in [2.75, 3.05) is 12.9 Å². The summed E-state index contributed by atoms with van der Waals surface area (Å²) in [4.78, 5) is 12.9. The molecule has 0 aromatic rings. The second-order valence-corrected chi connectivity index (χ2v) is 7.58. The maximum Gasteiger partial charge on any atom is 0.225 e. The number of rotatable bonds is 3. The van der Waals surface area contributed by atoms with Crippen molar-refractivity contribution in [3.05, 3.63) is 0 Å². The molecule has 0 saturated carbocycles. The van der Waals surface area contributed by atoms with Gasteiger partial charge in [-0.1, -0.05) is 13.8 Å². The van der Waals surface area contributed by atoms with Crippen LogP contribution < -0.4 is 0 Å². The number of hydrogen-bond acceptors (Lipinski definition) is 3. The topological polar surface area (TPSA) is 20.3 Å². The van der Waals surface area contributed by atoms with Gasteiger partial charge < -0.3 is 4.90 Å². The smallest absolute Gasteiger partial charge is 0.225 e. The van der Waals surface area contributed by atoms with Gasteiger partial charge in [-0.2, -0.15) is 0 Å². The second-order valence-electron chi connectivity index (χ2n) is 2.70. The van der Waals surface area contributed by atoms with Crippen molar-refractivity contribution < 1.29 is 4.79 Å². The first-order valence-electron chi connectivity index (χ1n) is 3.35. The molecule has 0 aromatic heterocycles. The summed E-state index contributed by atoms with van der Waals surface area (Å²) in [5.41, 5.74) is 0. The maximum atomic E-state index is 11.2. The Morgan fingerprint density at radius 3 is 2.27 bits per heavy atom. The molecule has 5 heteroatoms. The molecule has 0 radical (unpaired) electrons. The first kappa shape index (κ1) is 11.5. The molecular formula is C6H15NOS3. The molecule has 0 rings (SSSR count). The number of carbonyl (C=O) groups is 1. The van der Waals surface area contributed by atoms with Crippen molar-refractivity contribution in [1.82, 2.24) is 4.90 Å². The Morgan fingerprint density at radius 2 is 2.00 bits per heavy atom. The molecule has 0 heterocycles. The molecular weight excluding hydrogens is 198 g/mol. The predicted molar refractivity (Wildman–Crippen MR) is 59.4 cm³/mol. The normalized spacial score (nSPS) is 11.6. The first-order chi connectivity index (χ1) is 4.95. The average Bonchev–Trinajstić information content (AvgIpc) is 1.84. The molecule has 0 aliphatic rings. The third-order valence-corrected chi connectivity index (χ3v) is 2.64. The van der Waals surface area contributed by atoms with E-state index < -0.39 is 8.96 Å². The Morgan fingerprint density at radius 1 is 1.55 bits per heavy atom. The maximum absolute atomic E-state index is 11.2. The van der Waals surface area contributed by atoms with E-state index in [0.717, 1.165) is 0 Å². The third kappa shape index (κ3) is 4.87. The van der Waals surface area contributed by atoms with E-state index in [1.807, 2.05) is 13.8 Å². The molecule has 0 saturated heterocycles. The van der Waals surface area contributed by atoms with Gasteiger partial charge in [0.2, 0.25) is 5.91 Å². The first-order valence-corrected chi connectivity index (χ1v) is 7.18. The van der Waals surface area contributed by atoms with Crippen LogP contribution in [-0.4, -0.2) is 23.7 Å². The van der Waals surface area contributed by atoms with Gasteiger partial charge in [-0.15, -0.1) is 32.3 Å². The van der Waals surface area contributed by atoms with Gasteiger partial charge >= 0.3 is 0 Å². The monoisotopic (exact) mass is 213 g/mol. The average molecular weight is 213 g/mol. The number of thiol groups is 3. The lowest BCUT2D eigenvalue weighted by Crippen LogP contribution is -2.30. The van der Waals surface area contributed by atoms with E-state index in [0.29, 0.717) is 5.88 Å². The van der Waals surface area contributed by atoms with Crippen LogP contribution in [0.3, 0.4) is 0 Å². The zero-order valence-corrected chi connectivity index (χ0v) is 9.66. The summed E-state index contributed by atoms with van der Waals surface area (Å²) in [5, 5.41) is 0. The Balaban J connectivity index is 3.83. The van der Waals surface area contributed by atoms with Crippen molar-refractivity contribution in [1.29, 1.82) is 0 Å². The molecule has 11 heavy (non-hydrogen) atoms. The Bertz CT molecular complexity index is 138. The highest BCUT2D eigenvalue weighted by Gasteiger charge is 2.12. The van der Waals surface area contributed by atoms with Gasteiger partial charge in [0.05, 0.1) is 5.88 Å². The molecule has 0 aliphatic heterocycles. The predicted octanol–water partition coefficient (Wildman–Crippen LogP) is 1.75. The van der Waals surface area contributed by atoms with E-state index in [-0.39, 0.29) is 11.8 Å². The summed E-state index contributed by atoms with van der Waals surface area (Å²) in [5.74, 6) is 0.871. The molecule has 0 N–H and O–H groups in total. The van der Waals surface area contributed by atoms with Gasteiger partial charge in [-0.25, -0.2) is 0 Å². The van der Waals surface area contributed by atoms with Crippen LogP contribution in [0.1, 0.15) is 13.8 Å². The fourth-order valence-corrected chi connectivity index (χ4v) is 2.36. The zero-order valence-electron chi connectivity index (χ0n) is 6.98. The van der Waals surface area contributed by atoms with Crippen LogP contribution in [-0.2, 0) is 4.79 Å². The summed E-state index contributed by atoms with van der Waals surface area (Å²) < 4.78 is 0. The minimum atomic E-state index is -0.603. The van der Waals surface area contributed by atoms with Crippen molar-refractivity contribution in [2.24, 2.45) is 5.92 Å². The van der Waals surface area contributed by atoms with Crippen LogP contribution in [0.4, 0.5) is 0 Å². The largest absolute Gasteiger partial charge is 0.336 e. The van der Waals surface area contributed by atoms with E-state index in [9.17, 15) is 4.79 Å². The quantitative estimate of drug-likeness (QED) is 0.482. The summed E-state index contributed by atoms with van der Waals surface area (Å²) in [6, 6.07) is 0. The number of amides is 1. The molecule has 0 unspecified atom stereocenters. The van der Waals surface area contributed by atoms with Crippen LogP contribution >= 0.6 is 32.3 Å². The van der Waals surface area contributed by atoms with Crippen molar-refractivity contribution in [3.63, 3.8) is 0 Å². The second kappa shape index (κ2) is 5.22. The summed E-state index contributed by atoms with van der Waals surface area (Å²) in [6.45, 7) is 3.77. The Kier molecular flexibility index (Phi) is 5.46. The van der Waals surface area contributed by atoms with Crippen LogP contribution in [0, 0.1) is 5.92 Å². The van der Waals surface area contributed by atoms with E-state index >= 15 is 0 Å². The van der Waals surface area contributed by atoms with E-state index in [1.165, 1.54) is 0 Å². The number of hydrogen-bond donors (Lipinski definition) is 3. The lowest BCUT2D eigenvalue weighted by molar-refractivity contribution is -0.132. The van der Waals surface area contributed by atoms with Gasteiger partial charge in [-0.05, 0) is 0 Å². The number of nitrogens with zero attached hydrogens (tertiary/aromatic N) is 1. The van der Waals surface area contributed by atoms with Crippen LogP contribution in [0.25, 0.3) is 0 Å². The number of carbonyl (C=O) groups excluding carboxylic acids is 1. The summed E-state index contributed by atoms with van der Waals surface area (Å²) in [7, 11) is 1.18. The molecule has 68 valence electrons. The van der Waals surface area contributed by atoms with Crippen molar-refractivity contribution in [3.8, 4) is 0 Å². The third-order valence-electron chi connectivity index (χ3n) is 1.21. The zero-order chi connectivity index (χ0) is 9.02. The highest BCUT2D eigenvalue weighted by molar-refractivity contribution is 9.09. The summed E-state index contributed by atoms with van der Waals surface area (Å²) >= 11 is 8.27. The lowest BCUT2D eigenvalue weighted by atomic mass is 10.2. The molecule has 1 amide bonds. The van der Waals surface area contributed by atoms with Crippen LogP contribution in [0.2, 0.25) is 0 Å². The minimum Gasteiger partial charge on any atom is -0.336 e. The van der Waals surface area contributed by atoms with Crippen LogP contribution in [0.15, 0.2) is 0 Å². The van der Waals surface area contributed by atoms with Gasteiger partial charge in [0, 0.05) is 13.0 Å². The van der Waals surface area contributed by atoms with Gasteiger partial charge in [0.1, 0.15) is 0 Å². The standard InChI is InChI=1S/C6H15NOS3/c1-5(2)6(8)7(3)4-11(9)10/h5,9-11H,4H2,1-3H3. The van der Waals surface area contributed by atoms with Crippen LogP contribution in [0.5, 0.6) is 0 Å². The van der Waals surface area contributed by atoms with Gasteiger partial charge in [0.25, 0.3) is 0 Å². The molecule has 2 nitrogen and oxygen atoms in total. The minimum absolute atomic E-state index is 0.0663. The highest BCUT2D eigenvalue weighted by atomic mass is 33.5. The van der Waals surface area contributed by atoms with Crippen molar-refractivity contribution >= 4 is 38.2 Å². The molecule has 0 fully saturated rings. The van der Waals surface area contributed by atoms with Crippen molar-refractivity contribution in [2.45, 2.75) is 13.8 Å². The fraction of sp³-hybridized carbons (Fsp3) is 0.833. The van der Waals surface area contributed by atoms with E-state index in [1.54, 1.807) is 11.9 Å². The Labute approximate surface area is 80.7 Å². The fourth-order valence-electron chi connectivity index (χ4n) is 0.700. The molecule has 0 aromatic carbocycles. The van der Waals surface area contributed by atoms with Gasteiger partial charge in [-0.3, -0.25) is 4.79 Å². The lowest BCUT2D eigenvalue weighted by Gasteiger charge is -2.21.